The van der Waals surface area contributed by atoms with Crippen LogP contribution in [0.5, 0.6) is 0 Å². The van der Waals surface area contributed by atoms with Crippen LogP contribution in [-0.4, -0.2) is 9.97 Å². The highest BCUT2D eigenvalue weighted by Gasteiger charge is 2.09. The molecule has 104 valence electrons. The number of pyridine rings is 2. The summed E-state index contributed by atoms with van der Waals surface area (Å²) in [5.74, 6) is 0. The molecule has 0 fully saturated rings. The molecule has 0 bridgehead atoms. The van der Waals surface area contributed by atoms with E-state index >= 15 is 0 Å². The van der Waals surface area contributed by atoms with Gasteiger partial charge in [-0.2, -0.15) is 0 Å². The highest BCUT2D eigenvalue weighted by atomic mass is 79.9. The van der Waals surface area contributed by atoms with E-state index in [4.69, 9.17) is 4.98 Å². The van der Waals surface area contributed by atoms with Gasteiger partial charge in [-0.3, -0.25) is 4.98 Å². The van der Waals surface area contributed by atoms with Gasteiger partial charge in [0.25, 0.3) is 0 Å². The molecule has 0 amide bonds. The third-order valence-electron chi connectivity index (χ3n) is 3.20. The van der Waals surface area contributed by atoms with Crippen LogP contribution in [0.1, 0.15) is 5.56 Å². The lowest BCUT2D eigenvalue weighted by Gasteiger charge is -2.09. The summed E-state index contributed by atoms with van der Waals surface area (Å²) in [5, 5.41) is 0. The molecule has 0 unspecified atom stereocenters. The second-order valence-electron chi connectivity index (χ2n) is 4.70. The number of hydrogen-bond donors (Lipinski definition) is 0. The maximum absolute atomic E-state index is 4.74. The molecule has 0 atom stereocenters. The van der Waals surface area contributed by atoms with E-state index in [0.717, 1.165) is 31.6 Å². The average Bonchev–Trinajstić information content (AvgIpc) is 2.52. The summed E-state index contributed by atoms with van der Waals surface area (Å²) in [5.41, 5.74) is 4.94. The molecule has 2 nitrogen and oxygen atoms in total. The smallest absolute Gasteiger partial charge is 0.0893 e. The maximum Gasteiger partial charge on any atom is 0.0893 e. The van der Waals surface area contributed by atoms with Crippen molar-refractivity contribution < 1.29 is 0 Å². The topological polar surface area (TPSA) is 25.8 Å². The van der Waals surface area contributed by atoms with Gasteiger partial charge in [0.05, 0.1) is 17.1 Å². The SMILES string of the molecule is Cc1cc(-c2cccc(-c3ccccn3)n2)c(Br)cc1Br. The number of benzene rings is 1. The zero-order valence-corrected chi connectivity index (χ0v) is 14.5. The summed E-state index contributed by atoms with van der Waals surface area (Å²) in [6.07, 6.45) is 1.78. The van der Waals surface area contributed by atoms with Gasteiger partial charge in [-0.25, -0.2) is 4.98 Å². The molecule has 3 aromatic rings. The van der Waals surface area contributed by atoms with Crippen molar-refractivity contribution in [2.75, 3.05) is 0 Å². The Bertz CT molecular complexity index is 786. The van der Waals surface area contributed by atoms with Gasteiger partial charge in [0.2, 0.25) is 0 Å². The Kier molecular flexibility index (Phi) is 4.17. The number of aryl methyl sites for hydroxylation is 1. The van der Waals surface area contributed by atoms with Crippen LogP contribution in [0.4, 0.5) is 0 Å². The highest BCUT2D eigenvalue weighted by Crippen LogP contribution is 2.32. The van der Waals surface area contributed by atoms with Gasteiger partial charge in [-0.1, -0.05) is 44.0 Å². The van der Waals surface area contributed by atoms with Crippen molar-refractivity contribution in [3.05, 3.63) is 69.2 Å². The quantitative estimate of drug-likeness (QED) is 0.552. The van der Waals surface area contributed by atoms with Crippen molar-refractivity contribution in [2.24, 2.45) is 0 Å². The van der Waals surface area contributed by atoms with Crippen LogP contribution in [0.2, 0.25) is 0 Å². The molecular weight excluding hydrogens is 392 g/mol. The summed E-state index contributed by atoms with van der Waals surface area (Å²) < 4.78 is 2.10. The molecular formula is C17H12Br2N2. The van der Waals surface area contributed by atoms with Gasteiger partial charge in [0, 0.05) is 20.7 Å². The maximum atomic E-state index is 4.74. The Morgan fingerprint density at radius 2 is 1.57 bits per heavy atom. The average molecular weight is 404 g/mol. The second kappa shape index (κ2) is 6.08. The monoisotopic (exact) mass is 402 g/mol. The fourth-order valence-corrected chi connectivity index (χ4v) is 3.29. The van der Waals surface area contributed by atoms with Gasteiger partial charge < -0.3 is 0 Å². The molecule has 0 aliphatic carbocycles. The van der Waals surface area contributed by atoms with Crippen molar-refractivity contribution in [2.45, 2.75) is 6.92 Å². The van der Waals surface area contributed by atoms with Crippen LogP contribution in [0, 0.1) is 6.92 Å². The van der Waals surface area contributed by atoms with E-state index in [0.29, 0.717) is 0 Å². The number of aromatic nitrogens is 2. The van der Waals surface area contributed by atoms with Gasteiger partial charge in [-0.05, 0) is 48.9 Å². The molecule has 1 aromatic carbocycles. The van der Waals surface area contributed by atoms with Crippen LogP contribution >= 0.6 is 31.9 Å². The lowest BCUT2D eigenvalue weighted by atomic mass is 10.1. The highest BCUT2D eigenvalue weighted by molar-refractivity contribution is 9.11. The molecule has 0 radical (unpaired) electrons. The van der Waals surface area contributed by atoms with Gasteiger partial charge in [0.1, 0.15) is 0 Å². The standard InChI is InChI=1S/C17H12Br2N2/c1-11-9-12(14(19)10-13(11)18)15-6-4-7-17(21-15)16-5-2-3-8-20-16/h2-10H,1H3. The second-order valence-corrected chi connectivity index (χ2v) is 6.41. The third kappa shape index (κ3) is 3.06. The van der Waals surface area contributed by atoms with Crippen LogP contribution in [0.15, 0.2) is 63.7 Å². The molecule has 0 aliphatic heterocycles. The van der Waals surface area contributed by atoms with Crippen molar-refractivity contribution in [1.29, 1.82) is 0 Å². The first-order valence-corrected chi connectivity index (χ1v) is 8.08. The number of halogens is 2. The molecule has 0 aliphatic rings. The molecule has 21 heavy (non-hydrogen) atoms. The summed E-state index contributed by atoms with van der Waals surface area (Å²) in [6, 6.07) is 16.0. The Balaban J connectivity index is 2.11. The first-order valence-electron chi connectivity index (χ1n) is 6.49. The van der Waals surface area contributed by atoms with Crippen molar-refractivity contribution >= 4 is 31.9 Å². The summed E-state index contributed by atoms with van der Waals surface area (Å²) in [7, 11) is 0. The molecule has 0 N–H and O–H groups in total. The van der Waals surface area contributed by atoms with E-state index < -0.39 is 0 Å². The fourth-order valence-electron chi connectivity index (χ4n) is 2.10. The summed E-state index contributed by atoms with van der Waals surface area (Å²) >= 11 is 7.16. The molecule has 0 saturated carbocycles. The van der Waals surface area contributed by atoms with E-state index in [1.165, 1.54) is 5.56 Å². The predicted molar refractivity (Wildman–Crippen MR) is 93.0 cm³/mol. The molecule has 3 rings (SSSR count). The minimum atomic E-state index is 0.876. The fraction of sp³-hybridized carbons (Fsp3) is 0.0588. The van der Waals surface area contributed by atoms with Crippen molar-refractivity contribution in [1.82, 2.24) is 9.97 Å². The van der Waals surface area contributed by atoms with Gasteiger partial charge in [0.15, 0.2) is 0 Å². The van der Waals surface area contributed by atoms with E-state index in [-0.39, 0.29) is 0 Å². The number of rotatable bonds is 2. The van der Waals surface area contributed by atoms with Crippen LogP contribution in [0.3, 0.4) is 0 Å². The van der Waals surface area contributed by atoms with E-state index in [2.05, 4.69) is 55.9 Å². The number of nitrogens with zero attached hydrogens (tertiary/aromatic N) is 2. The van der Waals surface area contributed by atoms with Crippen molar-refractivity contribution in [3.63, 3.8) is 0 Å². The zero-order valence-electron chi connectivity index (χ0n) is 11.3. The summed E-state index contributed by atoms with van der Waals surface area (Å²) in [4.78, 5) is 9.09. The van der Waals surface area contributed by atoms with Crippen LogP contribution < -0.4 is 0 Å². The van der Waals surface area contributed by atoms with Gasteiger partial charge >= 0.3 is 0 Å². The van der Waals surface area contributed by atoms with E-state index in [1.54, 1.807) is 6.20 Å². The normalized spacial score (nSPS) is 10.6. The Morgan fingerprint density at radius 3 is 2.33 bits per heavy atom. The Labute approximate surface area is 140 Å². The molecule has 0 spiro atoms. The molecule has 4 heteroatoms. The third-order valence-corrected chi connectivity index (χ3v) is 4.71. The van der Waals surface area contributed by atoms with E-state index in [9.17, 15) is 0 Å². The Hall–Kier alpha value is -1.52. The minimum Gasteiger partial charge on any atom is -0.255 e. The molecule has 0 saturated heterocycles. The van der Waals surface area contributed by atoms with Gasteiger partial charge in [-0.15, -0.1) is 0 Å². The minimum absolute atomic E-state index is 0.876. The van der Waals surface area contributed by atoms with Crippen molar-refractivity contribution in [3.8, 4) is 22.6 Å². The van der Waals surface area contributed by atoms with Crippen LogP contribution in [0.25, 0.3) is 22.6 Å². The van der Waals surface area contributed by atoms with E-state index in [1.807, 2.05) is 36.4 Å². The predicted octanol–water partition coefficient (Wildman–Crippen LogP) is 5.64. The first-order chi connectivity index (χ1) is 10.1. The summed E-state index contributed by atoms with van der Waals surface area (Å²) in [6.45, 7) is 2.07. The molecule has 2 aromatic heterocycles. The lowest BCUT2D eigenvalue weighted by molar-refractivity contribution is 1.24. The lowest BCUT2D eigenvalue weighted by Crippen LogP contribution is -1.91. The first kappa shape index (κ1) is 14.4. The largest absolute Gasteiger partial charge is 0.255 e. The zero-order chi connectivity index (χ0) is 14.8. The molecule has 2 heterocycles. The number of hydrogen-bond acceptors (Lipinski definition) is 2. The Morgan fingerprint density at radius 1 is 0.810 bits per heavy atom. The van der Waals surface area contributed by atoms with Crippen LogP contribution in [-0.2, 0) is 0 Å².